The van der Waals surface area contributed by atoms with Crippen molar-refractivity contribution in [2.24, 2.45) is 5.73 Å². The van der Waals surface area contributed by atoms with Gasteiger partial charge in [0.15, 0.2) is 5.78 Å². The Morgan fingerprint density at radius 2 is 1.08 bits per heavy atom. The molecule has 0 saturated carbocycles. The van der Waals surface area contributed by atoms with Crippen LogP contribution in [0.5, 0.6) is 11.5 Å². The van der Waals surface area contributed by atoms with Gasteiger partial charge in [-0.2, -0.15) is 0 Å². The molecule has 2 N–H and O–H groups in total. The lowest BCUT2D eigenvalue weighted by Crippen LogP contribution is -2.45. The fourth-order valence-corrected chi connectivity index (χ4v) is 7.96. The standard InChI is InChI=1S/C23H26FN3O3.C23H25FN2O4/c24-20-13-16(21(28)14-25)4-5-18(20)15-27(23(29)26-9-2-1-3-10-26)19-6-7-22-17(12-19)8-11-30-22;1-29-22(27)17-5-6-18(20(24)14-17)15-26(23(28)25-10-3-2-4-11-25)19-7-8-21-16(13-19)9-12-30-21/h4-7,12-13H,1-3,8-11,14-15,25H2;5-8,13-14H,2-4,9-12,15H2,1H3. The Kier molecular flexibility index (Phi) is 13.6. The van der Waals surface area contributed by atoms with Crippen molar-refractivity contribution in [2.45, 2.75) is 64.5 Å². The summed E-state index contributed by atoms with van der Waals surface area (Å²) in [5.74, 6) is -0.313. The molecule has 60 heavy (non-hydrogen) atoms. The lowest BCUT2D eigenvalue weighted by molar-refractivity contribution is 0.0600. The van der Waals surface area contributed by atoms with Crippen molar-refractivity contribution in [3.05, 3.63) is 118 Å². The second-order valence-corrected chi connectivity index (χ2v) is 15.3. The highest BCUT2D eigenvalue weighted by Crippen LogP contribution is 2.33. The third-order valence-corrected chi connectivity index (χ3v) is 11.4. The van der Waals surface area contributed by atoms with E-state index in [1.807, 2.05) is 46.2 Å². The number of fused-ring (bicyclic) bond motifs is 2. The number of ketones is 1. The largest absolute Gasteiger partial charge is 0.493 e. The molecule has 0 bridgehead atoms. The monoisotopic (exact) mass is 823 g/mol. The number of methoxy groups -OCH3 is 1. The third-order valence-electron chi connectivity index (χ3n) is 11.4. The number of ether oxygens (including phenoxy) is 3. The molecule has 4 aliphatic heterocycles. The Labute approximate surface area is 348 Å². The van der Waals surface area contributed by atoms with Crippen LogP contribution in [0, 0.1) is 11.6 Å². The van der Waals surface area contributed by atoms with E-state index in [0.717, 1.165) is 85.7 Å². The molecule has 4 heterocycles. The zero-order valence-electron chi connectivity index (χ0n) is 33.9. The average Bonchev–Trinajstić information content (AvgIpc) is 3.97. The number of amides is 4. The second-order valence-electron chi connectivity index (χ2n) is 15.3. The highest BCUT2D eigenvalue weighted by Gasteiger charge is 2.28. The highest BCUT2D eigenvalue weighted by molar-refractivity contribution is 5.97. The van der Waals surface area contributed by atoms with Gasteiger partial charge in [-0.15, -0.1) is 0 Å². The first kappa shape index (κ1) is 42.1. The molecule has 0 aliphatic carbocycles. The fraction of sp³-hybridized carbons (Fsp3) is 0.391. The van der Waals surface area contributed by atoms with E-state index in [1.165, 1.54) is 25.3 Å². The van der Waals surface area contributed by atoms with Crippen molar-refractivity contribution >= 4 is 35.2 Å². The van der Waals surface area contributed by atoms with Gasteiger partial charge in [0, 0.05) is 67.1 Å². The number of carbonyl (C=O) groups is 4. The first-order valence-corrected chi connectivity index (χ1v) is 20.7. The summed E-state index contributed by atoms with van der Waals surface area (Å²) in [6, 6.07) is 19.6. The van der Waals surface area contributed by atoms with Crippen LogP contribution in [0.3, 0.4) is 0 Å². The molecule has 0 aromatic heterocycles. The summed E-state index contributed by atoms with van der Waals surface area (Å²) in [4.78, 5) is 57.1. The first-order chi connectivity index (χ1) is 29.1. The van der Waals surface area contributed by atoms with E-state index in [1.54, 1.807) is 21.9 Å². The predicted octanol–water partition coefficient (Wildman–Crippen LogP) is 7.67. The zero-order valence-corrected chi connectivity index (χ0v) is 33.9. The van der Waals surface area contributed by atoms with Crippen LogP contribution in [-0.4, -0.2) is 86.7 Å². The Morgan fingerprint density at radius 3 is 1.52 bits per heavy atom. The number of benzene rings is 4. The number of hydrogen-bond donors (Lipinski definition) is 1. The van der Waals surface area contributed by atoms with Crippen molar-refractivity contribution in [3.63, 3.8) is 0 Å². The lowest BCUT2D eigenvalue weighted by Gasteiger charge is -2.33. The lowest BCUT2D eigenvalue weighted by atomic mass is 10.1. The minimum atomic E-state index is -0.597. The highest BCUT2D eigenvalue weighted by atomic mass is 19.1. The molecule has 4 aliphatic rings. The smallest absolute Gasteiger partial charge is 0.337 e. The molecule has 8 rings (SSSR count). The molecule has 2 saturated heterocycles. The van der Waals surface area contributed by atoms with Crippen LogP contribution >= 0.6 is 0 Å². The summed E-state index contributed by atoms with van der Waals surface area (Å²) in [7, 11) is 1.25. The van der Waals surface area contributed by atoms with Gasteiger partial charge in [0.25, 0.3) is 0 Å². The molecule has 12 nitrogen and oxygen atoms in total. The number of piperidine rings is 2. The summed E-state index contributed by atoms with van der Waals surface area (Å²) in [5, 5.41) is 0. The Morgan fingerprint density at radius 1 is 0.633 bits per heavy atom. The summed E-state index contributed by atoms with van der Waals surface area (Å²) in [6.07, 6.45) is 7.70. The topological polar surface area (TPSA) is 135 Å². The normalized spacial score (nSPS) is 15.4. The molecule has 14 heteroatoms. The minimum absolute atomic E-state index is 0.0717. The average molecular weight is 824 g/mol. The summed E-state index contributed by atoms with van der Waals surface area (Å²) in [5.41, 5.74) is 9.97. The molecule has 316 valence electrons. The van der Waals surface area contributed by atoms with Crippen molar-refractivity contribution in [1.29, 1.82) is 0 Å². The number of halogens is 2. The summed E-state index contributed by atoms with van der Waals surface area (Å²) < 4.78 is 45.4. The van der Waals surface area contributed by atoms with Crippen LogP contribution in [0.4, 0.5) is 29.7 Å². The van der Waals surface area contributed by atoms with Gasteiger partial charge in [-0.25, -0.2) is 23.2 Å². The Bertz CT molecular complexity index is 2070. The van der Waals surface area contributed by atoms with E-state index in [-0.39, 0.29) is 48.6 Å². The van der Waals surface area contributed by atoms with E-state index >= 15 is 0 Å². The SMILES string of the molecule is COC(=O)c1ccc(CN(C(=O)N2CCCCC2)c2ccc3c(c2)CCO3)c(F)c1.NCC(=O)c1ccc(CN(C(=O)N2CCCCC2)c2ccc3c(c2)CCO3)c(F)c1. The van der Waals surface area contributed by atoms with Gasteiger partial charge in [-0.3, -0.25) is 14.6 Å². The Balaban J connectivity index is 0.000000181. The van der Waals surface area contributed by atoms with Gasteiger partial charge in [-0.1, -0.05) is 18.2 Å². The first-order valence-electron chi connectivity index (χ1n) is 20.7. The van der Waals surface area contributed by atoms with Crippen LogP contribution in [0.2, 0.25) is 0 Å². The fourth-order valence-electron chi connectivity index (χ4n) is 7.96. The number of esters is 1. The molecule has 4 amide bonds. The number of anilines is 2. The van der Waals surface area contributed by atoms with E-state index in [4.69, 9.17) is 15.2 Å². The number of nitrogens with two attached hydrogens (primary N) is 1. The number of urea groups is 2. The maximum atomic E-state index is 14.8. The van der Waals surface area contributed by atoms with Gasteiger partial charge in [0.2, 0.25) is 0 Å². The quantitative estimate of drug-likeness (QED) is 0.134. The minimum Gasteiger partial charge on any atom is -0.493 e. The number of carbonyl (C=O) groups excluding carboxylic acids is 4. The molecule has 4 aromatic rings. The van der Waals surface area contributed by atoms with E-state index in [2.05, 4.69) is 4.74 Å². The number of likely N-dealkylation sites (tertiary alicyclic amines) is 2. The van der Waals surface area contributed by atoms with E-state index in [9.17, 15) is 28.0 Å². The van der Waals surface area contributed by atoms with Gasteiger partial charge in [0.1, 0.15) is 23.1 Å². The zero-order chi connectivity index (χ0) is 42.2. The molecular formula is C46H51F2N5O7. The van der Waals surface area contributed by atoms with Gasteiger partial charge in [0.05, 0.1) is 45.5 Å². The summed E-state index contributed by atoms with van der Waals surface area (Å²) in [6.45, 7) is 4.05. The van der Waals surface area contributed by atoms with Crippen LogP contribution < -0.4 is 25.0 Å². The van der Waals surface area contributed by atoms with Gasteiger partial charge < -0.3 is 29.7 Å². The number of Topliss-reactive ketones (excluding diaryl/α,β-unsaturated/α-hetero) is 1. The number of nitrogens with zero attached hydrogens (tertiary/aromatic N) is 4. The molecule has 4 aromatic carbocycles. The van der Waals surface area contributed by atoms with Gasteiger partial charge >= 0.3 is 18.0 Å². The van der Waals surface area contributed by atoms with E-state index in [0.29, 0.717) is 56.2 Å². The number of hydrogen-bond acceptors (Lipinski definition) is 8. The maximum Gasteiger partial charge on any atom is 0.337 e. The van der Waals surface area contributed by atoms with Crippen molar-refractivity contribution < 1.29 is 42.2 Å². The van der Waals surface area contributed by atoms with Gasteiger partial charge in [-0.05, 0) is 104 Å². The van der Waals surface area contributed by atoms with Crippen LogP contribution in [-0.2, 0) is 30.7 Å². The summed E-state index contributed by atoms with van der Waals surface area (Å²) >= 11 is 0. The van der Waals surface area contributed by atoms with Crippen LogP contribution in [0.15, 0.2) is 72.8 Å². The van der Waals surface area contributed by atoms with Crippen LogP contribution in [0.1, 0.15) is 81.5 Å². The van der Waals surface area contributed by atoms with Crippen molar-refractivity contribution in [3.8, 4) is 11.5 Å². The molecule has 0 atom stereocenters. The Hall–Kier alpha value is -6.02. The predicted molar refractivity (Wildman–Crippen MR) is 223 cm³/mol. The second kappa shape index (κ2) is 19.4. The molecule has 2 fully saturated rings. The molecular weight excluding hydrogens is 773 g/mol. The van der Waals surface area contributed by atoms with Crippen LogP contribution in [0.25, 0.3) is 0 Å². The third kappa shape index (κ3) is 9.71. The number of rotatable bonds is 9. The maximum absolute atomic E-state index is 14.8. The van der Waals surface area contributed by atoms with Crippen molar-refractivity contribution in [2.75, 3.05) is 62.8 Å². The van der Waals surface area contributed by atoms with E-state index < -0.39 is 17.6 Å². The van der Waals surface area contributed by atoms with Crippen molar-refractivity contribution in [1.82, 2.24) is 9.80 Å². The molecule has 0 unspecified atom stereocenters. The molecule has 0 radical (unpaired) electrons. The molecule has 0 spiro atoms.